The highest BCUT2D eigenvalue weighted by molar-refractivity contribution is 7.03. The first-order valence-electron chi connectivity index (χ1n) is 5.43. The first-order valence-corrected chi connectivity index (χ1v) is 6.80. The van der Waals surface area contributed by atoms with Crippen LogP contribution in [0.3, 0.4) is 0 Å². The molecular weight excluding hydrogens is 228 g/mol. The van der Waals surface area contributed by atoms with Gasteiger partial charge in [0.1, 0.15) is 0 Å². The van der Waals surface area contributed by atoms with Crippen LogP contribution in [0.4, 0.5) is 0 Å². The molecule has 0 saturated heterocycles. The Labute approximate surface area is 99.5 Å². The highest BCUT2D eigenvalue weighted by atomic mass is 35.5. The number of aromatic nitrogens is 2. The molecular formula is C11H15ClN2S. The highest BCUT2D eigenvalue weighted by Gasteiger charge is 2.17. The van der Waals surface area contributed by atoms with Gasteiger partial charge in [-0.3, -0.25) is 0 Å². The molecule has 0 aliphatic heterocycles. The van der Waals surface area contributed by atoms with Crippen LogP contribution in [0.2, 0.25) is 0 Å². The van der Waals surface area contributed by atoms with Gasteiger partial charge in [-0.25, -0.2) is 0 Å². The van der Waals surface area contributed by atoms with Crippen molar-refractivity contribution in [2.45, 2.75) is 32.1 Å². The van der Waals surface area contributed by atoms with Crippen molar-refractivity contribution in [2.75, 3.05) is 5.88 Å². The minimum Gasteiger partial charge on any atom is -0.139 e. The fourth-order valence-electron chi connectivity index (χ4n) is 2.16. The van der Waals surface area contributed by atoms with Crippen molar-refractivity contribution in [3.63, 3.8) is 0 Å². The van der Waals surface area contributed by atoms with Crippen LogP contribution in [0.1, 0.15) is 37.8 Å². The summed E-state index contributed by atoms with van der Waals surface area (Å²) in [5, 5.41) is 6.00. The van der Waals surface area contributed by atoms with Crippen LogP contribution in [0.25, 0.3) is 6.08 Å². The second-order valence-corrected chi connectivity index (χ2v) is 4.89. The second-order valence-electron chi connectivity index (χ2n) is 4.02. The Morgan fingerprint density at radius 3 is 2.87 bits per heavy atom. The molecule has 0 unspecified atom stereocenters. The minimum atomic E-state index is 0.627. The molecule has 82 valence electrons. The zero-order chi connectivity index (χ0) is 10.5. The van der Waals surface area contributed by atoms with E-state index in [1.807, 2.05) is 5.38 Å². The van der Waals surface area contributed by atoms with Gasteiger partial charge in [-0.2, -0.15) is 0 Å². The normalized spacial score (nSPS) is 19.4. The van der Waals surface area contributed by atoms with E-state index in [1.165, 1.54) is 49.2 Å². The van der Waals surface area contributed by atoms with Crippen molar-refractivity contribution in [1.29, 1.82) is 0 Å². The molecule has 1 aromatic heterocycles. The standard InChI is InChI=1S/C11H15ClN2S/c12-7-10(6-11-8-15-14-13-11)9-4-2-1-3-5-9/h6,8-9H,1-5,7H2/b10-6-. The van der Waals surface area contributed by atoms with Crippen LogP contribution in [-0.2, 0) is 0 Å². The van der Waals surface area contributed by atoms with Crippen molar-refractivity contribution in [3.05, 3.63) is 16.6 Å². The first kappa shape index (κ1) is 11.1. The highest BCUT2D eigenvalue weighted by Crippen LogP contribution is 2.31. The molecule has 0 amide bonds. The maximum Gasteiger partial charge on any atom is 0.0981 e. The van der Waals surface area contributed by atoms with Crippen molar-refractivity contribution in [3.8, 4) is 0 Å². The Kier molecular flexibility index (Phi) is 4.15. The molecule has 0 atom stereocenters. The van der Waals surface area contributed by atoms with E-state index in [0.29, 0.717) is 11.8 Å². The Hall–Kier alpha value is -0.410. The molecule has 0 radical (unpaired) electrons. The van der Waals surface area contributed by atoms with Gasteiger partial charge in [0.05, 0.1) is 5.69 Å². The molecule has 4 heteroatoms. The number of halogens is 1. The predicted octanol–water partition coefficient (Wildman–Crippen LogP) is 3.74. The molecule has 1 saturated carbocycles. The van der Waals surface area contributed by atoms with E-state index in [-0.39, 0.29) is 0 Å². The number of alkyl halides is 1. The molecule has 0 N–H and O–H groups in total. The minimum absolute atomic E-state index is 0.627. The Morgan fingerprint density at radius 1 is 1.47 bits per heavy atom. The number of hydrogen-bond acceptors (Lipinski definition) is 3. The number of rotatable bonds is 3. The fraction of sp³-hybridized carbons (Fsp3) is 0.636. The van der Waals surface area contributed by atoms with Crippen molar-refractivity contribution < 1.29 is 0 Å². The molecule has 0 bridgehead atoms. The zero-order valence-corrected chi connectivity index (χ0v) is 10.2. The lowest BCUT2D eigenvalue weighted by Gasteiger charge is -2.23. The third kappa shape index (κ3) is 3.02. The first-order chi connectivity index (χ1) is 7.40. The third-order valence-electron chi connectivity index (χ3n) is 2.99. The van der Waals surface area contributed by atoms with Crippen LogP contribution in [-0.4, -0.2) is 15.5 Å². The Balaban J connectivity index is 2.08. The third-order valence-corrected chi connectivity index (χ3v) is 3.83. The van der Waals surface area contributed by atoms with Gasteiger partial charge in [0.15, 0.2) is 0 Å². The van der Waals surface area contributed by atoms with E-state index in [0.717, 1.165) is 5.69 Å². The molecule has 1 aliphatic rings. The van der Waals surface area contributed by atoms with Gasteiger partial charge in [0.25, 0.3) is 0 Å². The van der Waals surface area contributed by atoms with Gasteiger partial charge in [-0.15, -0.1) is 16.7 Å². The lowest BCUT2D eigenvalue weighted by Crippen LogP contribution is -2.10. The monoisotopic (exact) mass is 242 g/mol. The van der Waals surface area contributed by atoms with Crippen LogP contribution in [0.15, 0.2) is 11.0 Å². The number of allylic oxidation sites excluding steroid dienone is 1. The van der Waals surface area contributed by atoms with Crippen LogP contribution in [0, 0.1) is 5.92 Å². The summed E-state index contributed by atoms with van der Waals surface area (Å²) in [6, 6.07) is 0. The van der Waals surface area contributed by atoms with E-state index >= 15 is 0 Å². The average molecular weight is 243 g/mol. The Bertz CT molecular complexity index is 315. The molecule has 0 spiro atoms. The van der Waals surface area contributed by atoms with Gasteiger partial charge >= 0.3 is 0 Å². The van der Waals surface area contributed by atoms with Gasteiger partial charge in [0.2, 0.25) is 0 Å². The van der Waals surface area contributed by atoms with Crippen LogP contribution >= 0.6 is 23.1 Å². The number of hydrogen-bond donors (Lipinski definition) is 0. The van der Waals surface area contributed by atoms with Gasteiger partial charge in [-0.1, -0.05) is 29.3 Å². The average Bonchev–Trinajstić information content (AvgIpc) is 2.80. The molecule has 1 aliphatic carbocycles. The summed E-state index contributed by atoms with van der Waals surface area (Å²) in [6.45, 7) is 0. The van der Waals surface area contributed by atoms with Crippen molar-refractivity contribution in [2.24, 2.45) is 5.92 Å². The van der Waals surface area contributed by atoms with Crippen LogP contribution in [0.5, 0.6) is 0 Å². The predicted molar refractivity (Wildman–Crippen MR) is 65.2 cm³/mol. The summed E-state index contributed by atoms with van der Waals surface area (Å²) < 4.78 is 3.86. The molecule has 1 fully saturated rings. The maximum absolute atomic E-state index is 6.00. The number of nitrogens with zero attached hydrogens (tertiary/aromatic N) is 2. The molecule has 15 heavy (non-hydrogen) atoms. The molecule has 1 heterocycles. The summed E-state index contributed by atoms with van der Waals surface area (Å²) in [7, 11) is 0. The lowest BCUT2D eigenvalue weighted by molar-refractivity contribution is 0.405. The zero-order valence-electron chi connectivity index (χ0n) is 8.66. The van der Waals surface area contributed by atoms with E-state index in [2.05, 4.69) is 15.7 Å². The van der Waals surface area contributed by atoms with Gasteiger partial charge in [0, 0.05) is 11.3 Å². The van der Waals surface area contributed by atoms with Gasteiger partial charge in [-0.05, 0) is 36.4 Å². The van der Waals surface area contributed by atoms with E-state index < -0.39 is 0 Å². The maximum atomic E-state index is 6.00. The van der Waals surface area contributed by atoms with E-state index in [4.69, 9.17) is 11.6 Å². The van der Waals surface area contributed by atoms with Crippen LogP contribution < -0.4 is 0 Å². The lowest BCUT2D eigenvalue weighted by atomic mass is 9.84. The largest absolute Gasteiger partial charge is 0.139 e. The van der Waals surface area contributed by atoms with E-state index in [1.54, 1.807) is 0 Å². The fourth-order valence-corrected chi connectivity index (χ4v) is 2.87. The van der Waals surface area contributed by atoms with Crippen molar-refractivity contribution in [1.82, 2.24) is 9.59 Å². The van der Waals surface area contributed by atoms with Crippen molar-refractivity contribution >= 4 is 29.2 Å². The SMILES string of the molecule is ClC/C(=C/c1csnn1)C1CCCCC1. The molecule has 2 nitrogen and oxygen atoms in total. The summed E-state index contributed by atoms with van der Waals surface area (Å²) in [5.74, 6) is 1.31. The summed E-state index contributed by atoms with van der Waals surface area (Å²) in [5.41, 5.74) is 2.30. The summed E-state index contributed by atoms with van der Waals surface area (Å²) in [6.07, 6.45) is 8.76. The van der Waals surface area contributed by atoms with Gasteiger partial charge < -0.3 is 0 Å². The quantitative estimate of drug-likeness (QED) is 0.755. The topological polar surface area (TPSA) is 25.8 Å². The Morgan fingerprint density at radius 2 is 2.27 bits per heavy atom. The van der Waals surface area contributed by atoms with E-state index in [9.17, 15) is 0 Å². The molecule has 2 rings (SSSR count). The molecule has 1 aromatic rings. The second kappa shape index (κ2) is 5.61. The molecule has 0 aromatic carbocycles. The summed E-state index contributed by atoms with van der Waals surface area (Å²) in [4.78, 5) is 0. The smallest absolute Gasteiger partial charge is 0.0981 e. The summed E-state index contributed by atoms with van der Waals surface area (Å²) >= 11 is 7.39.